The standard InChI is InChI=1S/C18H28N2O2.ClH/c1-17-6-5-11(21)7-10(17)3-4-12-13-8-15(19)20-18(13,2)9-14(22)16(12)17;/h10-13,16,21H,3-9H2,1-2H3,(H2,19,20);1H/t10-,11-,12+,13+,16-,17+,18+;/m1./s1. The number of aliphatic hydroxyl groups excluding tert-OH is 1. The van der Waals surface area contributed by atoms with Crippen LogP contribution < -0.4 is 5.73 Å². The Labute approximate surface area is 144 Å². The van der Waals surface area contributed by atoms with E-state index >= 15 is 0 Å². The molecule has 0 aromatic heterocycles. The number of amidine groups is 1. The number of fused-ring (bicyclic) bond motifs is 5. The number of rotatable bonds is 0. The molecule has 0 amide bonds. The van der Waals surface area contributed by atoms with Crippen molar-refractivity contribution in [3.05, 3.63) is 0 Å². The molecule has 3 fully saturated rings. The SMILES string of the molecule is C[C@]12CC[C@@H](O)C[C@H]1CC[C@@H]1[C@@H]2C(=O)C[C@]2(C)N=C(N)C[C@@H]12.Cl. The lowest BCUT2D eigenvalue weighted by Crippen LogP contribution is -2.58. The second-order valence-corrected chi connectivity index (χ2v) is 8.76. The first-order valence-corrected chi connectivity index (χ1v) is 8.88. The zero-order chi connectivity index (χ0) is 15.7. The Kier molecular flexibility index (Phi) is 4.08. The van der Waals surface area contributed by atoms with E-state index < -0.39 is 0 Å². The lowest BCUT2D eigenvalue weighted by atomic mass is 9.45. The summed E-state index contributed by atoms with van der Waals surface area (Å²) < 4.78 is 0. The van der Waals surface area contributed by atoms with E-state index in [1.54, 1.807) is 0 Å². The summed E-state index contributed by atoms with van der Waals surface area (Å²) in [7, 11) is 0. The number of carbonyl (C=O) groups excluding carboxylic acids is 1. The van der Waals surface area contributed by atoms with Gasteiger partial charge in [0, 0.05) is 18.8 Å². The van der Waals surface area contributed by atoms with Crippen molar-refractivity contribution < 1.29 is 9.90 Å². The third kappa shape index (κ3) is 2.36. The van der Waals surface area contributed by atoms with Crippen LogP contribution in [-0.2, 0) is 4.79 Å². The number of hydrogen-bond donors (Lipinski definition) is 2. The molecule has 0 unspecified atom stereocenters. The lowest BCUT2D eigenvalue weighted by molar-refractivity contribution is -0.154. The van der Waals surface area contributed by atoms with Gasteiger partial charge in [0.25, 0.3) is 0 Å². The zero-order valence-electron chi connectivity index (χ0n) is 14.1. The van der Waals surface area contributed by atoms with E-state index in [1.165, 1.54) is 0 Å². The molecule has 1 heterocycles. The fourth-order valence-corrected chi connectivity index (χ4v) is 6.49. The van der Waals surface area contributed by atoms with E-state index in [2.05, 4.69) is 18.8 Å². The van der Waals surface area contributed by atoms with Crippen molar-refractivity contribution in [2.75, 3.05) is 0 Å². The minimum Gasteiger partial charge on any atom is -0.393 e. The van der Waals surface area contributed by atoms with E-state index in [1.807, 2.05) is 0 Å². The second kappa shape index (κ2) is 5.45. The van der Waals surface area contributed by atoms with Crippen molar-refractivity contribution in [3.8, 4) is 0 Å². The van der Waals surface area contributed by atoms with Gasteiger partial charge >= 0.3 is 0 Å². The fourth-order valence-electron chi connectivity index (χ4n) is 6.49. The first kappa shape index (κ1) is 17.2. The summed E-state index contributed by atoms with van der Waals surface area (Å²) in [6.07, 6.45) is 6.24. The predicted octanol–water partition coefficient (Wildman–Crippen LogP) is 2.71. The highest BCUT2D eigenvalue weighted by atomic mass is 35.5. The third-order valence-electron chi connectivity index (χ3n) is 7.52. The number of ketones is 1. The van der Waals surface area contributed by atoms with E-state index in [0.29, 0.717) is 30.0 Å². The molecule has 0 aromatic carbocycles. The summed E-state index contributed by atoms with van der Waals surface area (Å²) in [6, 6.07) is 0. The molecular weight excluding hydrogens is 312 g/mol. The molecule has 4 aliphatic rings. The highest BCUT2D eigenvalue weighted by Gasteiger charge is 2.61. The highest BCUT2D eigenvalue weighted by Crippen LogP contribution is 2.62. The summed E-state index contributed by atoms with van der Waals surface area (Å²) in [6.45, 7) is 4.45. The summed E-state index contributed by atoms with van der Waals surface area (Å²) >= 11 is 0. The topological polar surface area (TPSA) is 75.7 Å². The quantitative estimate of drug-likeness (QED) is 0.712. The number of hydrogen-bond acceptors (Lipinski definition) is 4. The molecule has 4 nitrogen and oxygen atoms in total. The van der Waals surface area contributed by atoms with Crippen LogP contribution >= 0.6 is 12.4 Å². The second-order valence-electron chi connectivity index (χ2n) is 8.76. The molecule has 0 radical (unpaired) electrons. The van der Waals surface area contributed by atoms with Gasteiger partial charge in [-0.05, 0) is 62.2 Å². The van der Waals surface area contributed by atoms with E-state index in [0.717, 1.165) is 44.4 Å². The monoisotopic (exact) mass is 340 g/mol. The molecule has 130 valence electrons. The van der Waals surface area contributed by atoms with Gasteiger partial charge in [0.15, 0.2) is 0 Å². The average Bonchev–Trinajstić information content (AvgIpc) is 2.73. The van der Waals surface area contributed by atoms with Gasteiger partial charge in [-0.25, -0.2) is 0 Å². The van der Waals surface area contributed by atoms with Crippen LogP contribution in [0.25, 0.3) is 0 Å². The van der Waals surface area contributed by atoms with Gasteiger partial charge in [-0.2, -0.15) is 0 Å². The molecule has 3 aliphatic carbocycles. The molecule has 4 rings (SSSR count). The zero-order valence-corrected chi connectivity index (χ0v) is 14.9. The number of halogens is 1. The van der Waals surface area contributed by atoms with Gasteiger partial charge in [-0.1, -0.05) is 6.92 Å². The summed E-state index contributed by atoms with van der Waals surface area (Å²) in [5.41, 5.74) is 5.87. The molecule has 0 saturated heterocycles. The number of nitrogens with zero attached hydrogens (tertiary/aromatic N) is 1. The van der Waals surface area contributed by atoms with Crippen molar-refractivity contribution in [2.24, 2.45) is 39.8 Å². The summed E-state index contributed by atoms with van der Waals surface area (Å²) in [4.78, 5) is 17.7. The van der Waals surface area contributed by atoms with Crippen LogP contribution in [0.1, 0.15) is 58.8 Å². The molecule has 1 aliphatic heterocycles. The van der Waals surface area contributed by atoms with Gasteiger partial charge in [0.1, 0.15) is 5.78 Å². The molecule has 3 N–H and O–H groups in total. The smallest absolute Gasteiger partial charge is 0.139 e. The van der Waals surface area contributed by atoms with Crippen LogP contribution in [0.4, 0.5) is 0 Å². The van der Waals surface area contributed by atoms with Crippen LogP contribution in [0.2, 0.25) is 0 Å². The van der Waals surface area contributed by atoms with Crippen LogP contribution in [0.3, 0.4) is 0 Å². The maximum Gasteiger partial charge on any atom is 0.139 e. The Hall–Kier alpha value is -0.610. The van der Waals surface area contributed by atoms with E-state index in [-0.39, 0.29) is 35.4 Å². The number of carbonyl (C=O) groups is 1. The van der Waals surface area contributed by atoms with Crippen molar-refractivity contribution in [1.82, 2.24) is 0 Å². The number of Topliss-reactive ketones (excluding diaryl/α,β-unsaturated/α-hetero) is 1. The van der Waals surface area contributed by atoms with Gasteiger partial charge in [-0.15, -0.1) is 12.4 Å². The van der Waals surface area contributed by atoms with Crippen LogP contribution in [0.15, 0.2) is 4.99 Å². The molecule has 7 atom stereocenters. The van der Waals surface area contributed by atoms with Crippen molar-refractivity contribution in [2.45, 2.75) is 70.4 Å². The average molecular weight is 341 g/mol. The van der Waals surface area contributed by atoms with Crippen LogP contribution in [-0.4, -0.2) is 28.4 Å². The maximum atomic E-state index is 13.1. The molecule has 0 bridgehead atoms. The number of nitrogens with two attached hydrogens (primary N) is 1. The van der Waals surface area contributed by atoms with Gasteiger partial charge in [-0.3, -0.25) is 9.79 Å². The van der Waals surface area contributed by atoms with Crippen LogP contribution in [0, 0.1) is 29.1 Å². The first-order valence-electron chi connectivity index (χ1n) is 8.88. The molecular formula is C18H29ClN2O2. The van der Waals surface area contributed by atoms with E-state index in [9.17, 15) is 9.90 Å². The molecule has 3 saturated carbocycles. The predicted molar refractivity (Wildman–Crippen MR) is 92.7 cm³/mol. The summed E-state index contributed by atoms with van der Waals surface area (Å²) in [5.74, 6) is 2.70. The van der Waals surface area contributed by atoms with Crippen LogP contribution in [0.5, 0.6) is 0 Å². The maximum absolute atomic E-state index is 13.1. The van der Waals surface area contributed by atoms with Gasteiger partial charge in [0.2, 0.25) is 0 Å². The minimum absolute atomic E-state index is 0. The highest BCUT2D eigenvalue weighted by molar-refractivity contribution is 5.89. The Morgan fingerprint density at radius 3 is 2.74 bits per heavy atom. The third-order valence-corrected chi connectivity index (χ3v) is 7.52. The summed E-state index contributed by atoms with van der Waals surface area (Å²) in [5, 5.41) is 10.0. The molecule has 5 heteroatoms. The van der Waals surface area contributed by atoms with Gasteiger partial charge < -0.3 is 10.8 Å². The number of aliphatic hydroxyl groups is 1. The van der Waals surface area contributed by atoms with Crippen molar-refractivity contribution in [3.63, 3.8) is 0 Å². The normalized spacial score (nSPS) is 51.9. The van der Waals surface area contributed by atoms with Crippen molar-refractivity contribution >= 4 is 24.0 Å². The lowest BCUT2D eigenvalue weighted by Gasteiger charge is -2.58. The molecule has 0 spiro atoms. The number of aliphatic imine (C=N–C) groups is 1. The van der Waals surface area contributed by atoms with E-state index in [4.69, 9.17) is 5.73 Å². The van der Waals surface area contributed by atoms with Crippen molar-refractivity contribution in [1.29, 1.82) is 0 Å². The Morgan fingerprint density at radius 1 is 1.26 bits per heavy atom. The Bertz CT molecular complexity index is 551. The van der Waals surface area contributed by atoms with Gasteiger partial charge in [0.05, 0.1) is 17.5 Å². The Morgan fingerprint density at radius 2 is 2.00 bits per heavy atom. The fraction of sp³-hybridized carbons (Fsp3) is 0.889. The largest absolute Gasteiger partial charge is 0.393 e. The molecule has 23 heavy (non-hydrogen) atoms. The minimum atomic E-state index is -0.250. The first-order chi connectivity index (χ1) is 10.3. The Balaban J connectivity index is 0.00000156. The molecule has 0 aromatic rings.